The van der Waals surface area contributed by atoms with Crippen LogP contribution < -0.4 is 10.2 Å². The smallest absolute Gasteiger partial charge is 0.326 e. The summed E-state index contributed by atoms with van der Waals surface area (Å²) in [6.07, 6.45) is 0.930. The molecule has 4 aromatic rings. The van der Waals surface area contributed by atoms with Crippen molar-refractivity contribution in [3.8, 4) is 11.4 Å². The lowest BCUT2D eigenvalue weighted by molar-refractivity contribution is 0.244. The molecule has 1 N–H and O–H groups in total. The number of hydrogen-bond donors (Lipinski definition) is 1. The Morgan fingerprint density at radius 1 is 1.09 bits per heavy atom. The molecule has 0 aliphatic carbocycles. The van der Waals surface area contributed by atoms with Gasteiger partial charge in [0.1, 0.15) is 5.82 Å². The van der Waals surface area contributed by atoms with Crippen LogP contribution in [0.25, 0.3) is 17.0 Å². The van der Waals surface area contributed by atoms with E-state index in [-0.39, 0.29) is 11.9 Å². The molecule has 0 bridgehead atoms. The summed E-state index contributed by atoms with van der Waals surface area (Å²) >= 11 is 6.05. The summed E-state index contributed by atoms with van der Waals surface area (Å²) in [5, 5.41) is 7.71. The van der Waals surface area contributed by atoms with Gasteiger partial charge in [-0.05, 0) is 60.9 Å². The van der Waals surface area contributed by atoms with Crippen molar-refractivity contribution in [3.05, 3.63) is 106 Å². The van der Waals surface area contributed by atoms with Gasteiger partial charge in [-0.15, -0.1) is 0 Å². The molecule has 0 spiro atoms. The zero-order valence-corrected chi connectivity index (χ0v) is 19.9. The van der Waals surface area contributed by atoms with E-state index in [1.807, 2.05) is 24.3 Å². The lowest BCUT2D eigenvalue weighted by Gasteiger charge is -2.35. The van der Waals surface area contributed by atoms with Gasteiger partial charge in [0.25, 0.3) is 5.89 Å². The Bertz CT molecular complexity index is 1410. The van der Waals surface area contributed by atoms with Gasteiger partial charge in [0.2, 0.25) is 5.82 Å². The molecule has 1 atom stereocenters. The molecule has 0 radical (unpaired) electrons. The highest BCUT2D eigenvalue weighted by atomic mass is 35.5. The molecule has 1 unspecified atom stereocenters. The fourth-order valence-electron chi connectivity index (χ4n) is 4.20. The van der Waals surface area contributed by atoms with E-state index in [0.29, 0.717) is 33.4 Å². The van der Waals surface area contributed by atoms with Crippen molar-refractivity contribution in [1.29, 1.82) is 0 Å². The number of benzene rings is 3. The van der Waals surface area contributed by atoms with Crippen molar-refractivity contribution in [2.75, 3.05) is 4.90 Å². The van der Waals surface area contributed by atoms with E-state index in [0.717, 1.165) is 12.0 Å². The molecular weight excluding hydrogens is 467 g/mol. The van der Waals surface area contributed by atoms with Gasteiger partial charge < -0.3 is 9.84 Å². The summed E-state index contributed by atoms with van der Waals surface area (Å²) in [5.41, 5.74) is 4.36. The summed E-state index contributed by atoms with van der Waals surface area (Å²) in [6.45, 7) is 3.89. The standard InChI is InChI=1S/C27H22ClFN4O2/c1-3-17-7-9-18(10-8-17)25-31-26(35-32-25)23-16(2)33(22-13-11-20(28)12-14-22)27(34)30-24(23)19-5-4-6-21(29)15-19/h4-15,24H,3H2,1-2H3,(H,30,34). The summed E-state index contributed by atoms with van der Waals surface area (Å²) in [6, 6.07) is 19.9. The normalized spacial score (nSPS) is 15.9. The minimum absolute atomic E-state index is 0.241. The van der Waals surface area contributed by atoms with Crippen molar-refractivity contribution in [2.45, 2.75) is 26.3 Å². The second-order valence-corrected chi connectivity index (χ2v) is 8.66. The molecule has 1 aromatic heterocycles. The molecule has 2 heterocycles. The highest BCUT2D eigenvalue weighted by Crippen LogP contribution is 2.39. The van der Waals surface area contributed by atoms with E-state index in [1.54, 1.807) is 43.3 Å². The third-order valence-corrected chi connectivity index (χ3v) is 6.28. The molecule has 176 valence electrons. The van der Waals surface area contributed by atoms with Crippen LogP contribution in [0.5, 0.6) is 0 Å². The number of carbonyl (C=O) groups excluding carboxylic acids is 1. The molecule has 8 heteroatoms. The van der Waals surface area contributed by atoms with Gasteiger partial charge >= 0.3 is 6.03 Å². The van der Waals surface area contributed by atoms with Crippen LogP contribution in [0, 0.1) is 5.82 Å². The van der Waals surface area contributed by atoms with E-state index < -0.39 is 11.9 Å². The number of nitrogens with zero attached hydrogens (tertiary/aromatic N) is 3. The number of aryl methyl sites for hydroxylation is 1. The predicted molar refractivity (Wildman–Crippen MR) is 133 cm³/mol. The lowest BCUT2D eigenvalue weighted by atomic mass is 9.94. The number of rotatable bonds is 5. The summed E-state index contributed by atoms with van der Waals surface area (Å²) < 4.78 is 19.8. The number of allylic oxidation sites excluding steroid dienone is 1. The monoisotopic (exact) mass is 488 g/mol. The molecule has 0 saturated heterocycles. The molecular formula is C27H22ClFN4O2. The van der Waals surface area contributed by atoms with Gasteiger partial charge in [-0.1, -0.05) is 60.1 Å². The van der Waals surface area contributed by atoms with E-state index >= 15 is 0 Å². The third kappa shape index (κ3) is 4.42. The molecule has 3 aromatic carbocycles. The predicted octanol–water partition coefficient (Wildman–Crippen LogP) is 6.79. The van der Waals surface area contributed by atoms with E-state index in [2.05, 4.69) is 22.4 Å². The molecule has 35 heavy (non-hydrogen) atoms. The average molecular weight is 489 g/mol. The molecule has 1 aliphatic rings. The van der Waals surface area contributed by atoms with Crippen molar-refractivity contribution in [2.24, 2.45) is 0 Å². The Hall–Kier alpha value is -3.97. The van der Waals surface area contributed by atoms with E-state index in [4.69, 9.17) is 16.1 Å². The molecule has 6 nitrogen and oxygen atoms in total. The first kappa shape index (κ1) is 22.8. The number of anilines is 1. The van der Waals surface area contributed by atoms with E-state index in [1.165, 1.54) is 22.6 Å². The summed E-state index contributed by atoms with van der Waals surface area (Å²) in [5.74, 6) is 0.261. The Labute approximate surface area is 207 Å². The van der Waals surface area contributed by atoms with Crippen molar-refractivity contribution < 1.29 is 13.7 Å². The number of carbonyl (C=O) groups is 1. The van der Waals surface area contributed by atoms with Crippen LogP contribution in [-0.2, 0) is 6.42 Å². The number of hydrogen-bond acceptors (Lipinski definition) is 4. The Morgan fingerprint density at radius 3 is 2.51 bits per heavy atom. The van der Waals surface area contributed by atoms with Crippen LogP contribution in [0.1, 0.15) is 36.9 Å². The maximum atomic E-state index is 14.1. The minimum atomic E-state index is -0.683. The topological polar surface area (TPSA) is 71.3 Å². The largest absolute Gasteiger partial charge is 0.334 e. The van der Waals surface area contributed by atoms with Gasteiger partial charge in [0, 0.05) is 16.3 Å². The third-order valence-electron chi connectivity index (χ3n) is 6.03. The number of urea groups is 1. The number of amides is 2. The fourth-order valence-corrected chi connectivity index (χ4v) is 4.32. The molecule has 5 rings (SSSR count). The maximum Gasteiger partial charge on any atom is 0.326 e. The molecule has 0 saturated carbocycles. The van der Waals surface area contributed by atoms with Crippen molar-refractivity contribution >= 4 is 28.9 Å². The SMILES string of the molecule is CCc1ccc(-c2noc(C3=C(C)N(c4ccc(Cl)cc4)C(=O)NC3c3cccc(F)c3)n2)cc1. The first-order chi connectivity index (χ1) is 16.9. The van der Waals surface area contributed by atoms with Gasteiger partial charge in [0.15, 0.2) is 0 Å². The quantitative estimate of drug-likeness (QED) is 0.335. The number of halogens is 2. The van der Waals surface area contributed by atoms with E-state index in [9.17, 15) is 9.18 Å². The number of nitrogens with one attached hydrogen (secondary N) is 1. The zero-order valence-electron chi connectivity index (χ0n) is 19.1. The van der Waals surface area contributed by atoms with Crippen molar-refractivity contribution in [3.63, 3.8) is 0 Å². The van der Waals surface area contributed by atoms with Gasteiger partial charge in [-0.3, -0.25) is 4.90 Å². The molecule has 1 aliphatic heterocycles. The average Bonchev–Trinajstić information content (AvgIpc) is 3.34. The van der Waals surface area contributed by atoms with Gasteiger partial charge in [-0.25, -0.2) is 9.18 Å². The van der Waals surface area contributed by atoms with Crippen LogP contribution in [0.2, 0.25) is 5.02 Å². The summed E-state index contributed by atoms with van der Waals surface area (Å²) in [4.78, 5) is 19.4. The van der Waals surface area contributed by atoms with Crippen LogP contribution in [0.4, 0.5) is 14.9 Å². The van der Waals surface area contributed by atoms with Crippen molar-refractivity contribution in [1.82, 2.24) is 15.5 Å². The first-order valence-corrected chi connectivity index (χ1v) is 11.6. The molecule has 0 fully saturated rings. The lowest BCUT2D eigenvalue weighted by Crippen LogP contribution is -2.46. The van der Waals surface area contributed by atoms with Crippen LogP contribution in [0.15, 0.2) is 83.0 Å². The second-order valence-electron chi connectivity index (χ2n) is 8.22. The Balaban J connectivity index is 1.63. The number of aromatic nitrogens is 2. The van der Waals surface area contributed by atoms with Crippen LogP contribution in [0.3, 0.4) is 0 Å². The Morgan fingerprint density at radius 2 is 1.83 bits per heavy atom. The minimum Gasteiger partial charge on any atom is -0.334 e. The highest BCUT2D eigenvalue weighted by Gasteiger charge is 2.36. The zero-order chi connectivity index (χ0) is 24.5. The highest BCUT2D eigenvalue weighted by molar-refractivity contribution is 6.30. The van der Waals surface area contributed by atoms with Gasteiger partial charge in [0.05, 0.1) is 17.3 Å². The fraction of sp³-hybridized carbons (Fsp3) is 0.148. The second kappa shape index (κ2) is 9.35. The van der Waals surface area contributed by atoms with Gasteiger partial charge in [-0.2, -0.15) is 4.98 Å². The van der Waals surface area contributed by atoms with Crippen LogP contribution >= 0.6 is 11.6 Å². The summed E-state index contributed by atoms with van der Waals surface area (Å²) in [7, 11) is 0. The Kier molecular flexibility index (Phi) is 6.09. The molecule has 2 amide bonds. The first-order valence-electron chi connectivity index (χ1n) is 11.2. The van der Waals surface area contributed by atoms with Crippen LogP contribution in [-0.4, -0.2) is 16.2 Å². The maximum absolute atomic E-state index is 14.1.